The standard InChI is InChI=1S/C13H7BrN2O3/c14-11-2-1-3-12(10(11)5-15)19-9-4-8(13(17)18)6-16-7-9/h1-4,6-7H,(H,17,18). The van der Waals surface area contributed by atoms with Gasteiger partial charge in [-0.3, -0.25) is 4.98 Å². The van der Waals surface area contributed by atoms with Crippen molar-refractivity contribution >= 4 is 21.9 Å². The summed E-state index contributed by atoms with van der Waals surface area (Å²) < 4.78 is 6.10. The predicted octanol–water partition coefficient (Wildman–Crippen LogP) is 3.21. The minimum Gasteiger partial charge on any atom is -0.478 e. The zero-order valence-electron chi connectivity index (χ0n) is 9.50. The number of benzene rings is 1. The maximum absolute atomic E-state index is 10.8. The third-order valence-corrected chi connectivity index (χ3v) is 2.94. The molecule has 0 aliphatic carbocycles. The first-order valence-corrected chi connectivity index (χ1v) is 5.96. The first kappa shape index (κ1) is 13.1. The van der Waals surface area contributed by atoms with Crippen LogP contribution in [-0.2, 0) is 0 Å². The molecule has 1 aromatic carbocycles. The maximum atomic E-state index is 10.8. The van der Waals surface area contributed by atoms with Gasteiger partial charge in [-0.2, -0.15) is 5.26 Å². The smallest absolute Gasteiger partial charge is 0.337 e. The summed E-state index contributed by atoms with van der Waals surface area (Å²) >= 11 is 3.25. The van der Waals surface area contributed by atoms with Crippen LogP contribution in [0.5, 0.6) is 11.5 Å². The van der Waals surface area contributed by atoms with Crippen molar-refractivity contribution in [3.8, 4) is 17.6 Å². The van der Waals surface area contributed by atoms with Gasteiger partial charge in [0.05, 0.1) is 11.8 Å². The highest BCUT2D eigenvalue weighted by molar-refractivity contribution is 9.10. The SMILES string of the molecule is N#Cc1c(Br)cccc1Oc1cncc(C(=O)O)c1. The number of halogens is 1. The van der Waals surface area contributed by atoms with Crippen LogP contribution >= 0.6 is 15.9 Å². The van der Waals surface area contributed by atoms with Crippen molar-refractivity contribution < 1.29 is 14.6 Å². The van der Waals surface area contributed by atoms with Crippen LogP contribution in [0.2, 0.25) is 0 Å². The molecule has 0 aliphatic heterocycles. The molecule has 0 amide bonds. The molecule has 0 unspecified atom stereocenters. The van der Waals surface area contributed by atoms with E-state index >= 15 is 0 Å². The molecule has 5 nitrogen and oxygen atoms in total. The van der Waals surface area contributed by atoms with Crippen molar-refractivity contribution in [2.24, 2.45) is 0 Å². The molecule has 1 aromatic heterocycles. The molecule has 0 bridgehead atoms. The Morgan fingerprint density at radius 1 is 1.42 bits per heavy atom. The highest BCUT2D eigenvalue weighted by Gasteiger charge is 2.10. The van der Waals surface area contributed by atoms with Gasteiger partial charge in [-0.05, 0) is 34.1 Å². The number of hydrogen-bond donors (Lipinski definition) is 1. The third kappa shape index (κ3) is 2.89. The number of ether oxygens (including phenoxy) is 1. The highest BCUT2D eigenvalue weighted by atomic mass is 79.9. The number of hydrogen-bond acceptors (Lipinski definition) is 4. The molecular formula is C13H7BrN2O3. The summed E-state index contributed by atoms with van der Waals surface area (Å²) in [4.78, 5) is 14.6. The van der Waals surface area contributed by atoms with Crippen molar-refractivity contribution in [1.29, 1.82) is 5.26 Å². The van der Waals surface area contributed by atoms with E-state index in [2.05, 4.69) is 20.9 Å². The number of rotatable bonds is 3. The zero-order chi connectivity index (χ0) is 13.8. The molecule has 19 heavy (non-hydrogen) atoms. The van der Waals surface area contributed by atoms with Gasteiger partial charge >= 0.3 is 5.97 Å². The molecule has 1 N–H and O–H groups in total. The number of nitriles is 1. The first-order valence-electron chi connectivity index (χ1n) is 5.16. The fourth-order valence-electron chi connectivity index (χ4n) is 1.42. The van der Waals surface area contributed by atoms with Gasteiger partial charge in [-0.25, -0.2) is 4.79 Å². The second-order valence-corrected chi connectivity index (χ2v) is 4.40. The number of aromatic nitrogens is 1. The van der Waals surface area contributed by atoms with Crippen molar-refractivity contribution in [2.45, 2.75) is 0 Å². The van der Waals surface area contributed by atoms with E-state index in [0.29, 0.717) is 15.8 Å². The summed E-state index contributed by atoms with van der Waals surface area (Å²) in [6.45, 7) is 0. The van der Waals surface area contributed by atoms with Crippen LogP contribution < -0.4 is 4.74 Å². The van der Waals surface area contributed by atoms with Gasteiger partial charge in [0.25, 0.3) is 0 Å². The quantitative estimate of drug-likeness (QED) is 0.939. The topological polar surface area (TPSA) is 83.2 Å². The van der Waals surface area contributed by atoms with Crippen LogP contribution in [0.1, 0.15) is 15.9 Å². The molecule has 2 rings (SSSR count). The fourth-order valence-corrected chi connectivity index (χ4v) is 1.85. The lowest BCUT2D eigenvalue weighted by Gasteiger charge is -2.08. The number of carboxylic acid groups (broad SMARTS) is 1. The monoisotopic (exact) mass is 318 g/mol. The molecule has 2 aromatic rings. The second-order valence-electron chi connectivity index (χ2n) is 3.54. The molecule has 0 radical (unpaired) electrons. The summed E-state index contributed by atoms with van der Waals surface area (Å²) in [5.41, 5.74) is 0.356. The molecule has 0 spiro atoms. The minimum atomic E-state index is -1.09. The lowest BCUT2D eigenvalue weighted by Crippen LogP contribution is -1.98. The molecule has 6 heteroatoms. The van der Waals surface area contributed by atoms with Crippen molar-refractivity contribution in [3.05, 3.63) is 52.3 Å². The normalized spacial score (nSPS) is 9.68. The van der Waals surface area contributed by atoms with Crippen LogP contribution in [0.3, 0.4) is 0 Å². The van der Waals surface area contributed by atoms with Gasteiger partial charge in [0.15, 0.2) is 0 Å². The largest absolute Gasteiger partial charge is 0.478 e. The summed E-state index contributed by atoms with van der Waals surface area (Å²) in [5, 5.41) is 17.9. The van der Waals surface area contributed by atoms with Crippen LogP contribution in [0.4, 0.5) is 0 Å². The average Bonchev–Trinajstić information content (AvgIpc) is 2.39. The molecule has 0 saturated carbocycles. The summed E-state index contributed by atoms with van der Waals surface area (Å²) in [5.74, 6) is -0.497. The molecule has 94 valence electrons. The van der Waals surface area contributed by atoms with Crippen molar-refractivity contribution in [2.75, 3.05) is 0 Å². The van der Waals surface area contributed by atoms with E-state index in [-0.39, 0.29) is 11.3 Å². The Labute approximate surface area is 117 Å². The molecule has 0 fully saturated rings. The Kier molecular flexibility index (Phi) is 3.78. The Balaban J connectivity index is 2.37. The lowest BCUT2D eigenvalue weighted by molar-refractivity contribution is 0.0696. The van der Waals surface area contributed by atoms with Crippen LogP contribution in [-0.4, -0.2) is 16.1 Å². The van der Waals surface area contributed by atoms with E-state index in [1.165, 1.54) is 18.5 Å². The van der Waals surface area contributed by atoms with Crippen LogP contribution in [0.15, 0.2) is 41.1 Å². The number of carbonyl (C=O) groups is 1. The van der Waals surface area contributed by atoms with Gasteiger partial charge in [-0.1, -0.05) is 6.07 Å². The Morgan fingerprint density at radius 2 is 2.21 bits per heavy atom. The van der Waals surface area contributed by atoms with Crippen LogP contribution in [0, 0.1) is 11.3 Å². The number of carboxylic acids is 1. The molecule has 0 aliphatic rings. The predicted molar refractivity (Wildman–Crippen MR) is 70.1 cm³/mol. The minimum absolute atomic E-state index is 0.0194. The Hall–Kier alpha value is -2.39. The second kappa shape index (κ2) is 5.50. The number of nitrogens with zero attached hydrogens (tertiary/aromatic N) is 2. The third-order valence-electron chi connectivity index (χ3n) is 2.28. The van der Waals surface area contributed by atoms with Gasteiger partial charge in [0, 0.05) is 10.7 Å². The summed E-state index contributed by atoms with van der Waals surface area (Å²) in [7, 11) is 0. The van der Waals surface area contributed by atoms with E-state index in [1.54, 1.807) is 18.2 Å². The van der Waals surface area contributed by atoms with Gasteiger partial charge < -0.3 is 9.84 Å². The van der Waals surface area contributed by atoms with E-state index < -0.39 is 5.97 Å². The molecule has 0 saturated heterocycles. The van der Waals surface area contributed by atoms with E-state index in [1.807, 2.05) is 6.07 Å². The van der Waals surface area contributed by atoms with Gasteiger partial charge in [0.1, 0.15) is 23.1 Å². The summed E-state index contributed by atoms with van der Waals surface area (Å²) in [6, 6.07) is 8.42. The van der Waals surface area contributed by atoms with Gasteiger partial charge in [0.2, 0.25) is 0 Å². The summed E-state index contributed by atoms with van der Waals surface area (Å²) in [6.07, 6.45) is 2.61. The maximum Gasteiger partial charge on any atom is 0.337 e. The lowest BCUT2D eigenvalue weighted by atomic mass is 10.2. The number of aromatic carboxylic acids is 1. The Bertz CT molecular complexity index is 680. The Morgan fingerprint density at radius 3 is 2.89 bits per heavy atom. The number of pyridine rings is 1. The van der Waals surface area contributed by atoms with Crippen molar-refractivity contribution in [1.82, 2.24) is 4.98 Å². The molecule has 0 atom stereocenters. The fraction of sp³-hybridized carbons (Fsp3) is 0. The van der Waals surface area contributed by atoms with E-state index in [9.17, 15) is 4.79 Å². The molecule has 1 heterocycles. The van der Waals surface area contributed by atoms with Crippen molar-refractivity contribution in [3.63, 3.8) is 0 Å². The van der Waals surface area contributed by atoms with Crippen LogP contribution in [0.25, 0.3) is 0 Å². The average molecular weight is 319 g/mol. The molecular weight excluding hydrogens is 312 g/mol. The van der Waals surface area contributed by atoms with E-state index in [0.717, 1.165) is 0 Å². The highest BCUT2D eigenvalue weighted by Crippen LogP contribution is 2.29. The van der Waals surface area contributed by atoms with E-state index in [4.69, 9.17) is 15.1 Å². The zero-order valence-corrected chi connectivity index (χ0v) is 11.1. The van der Waals surface area contributed by atoms with Gasteiger partial charge in [-0.15, -0.1) is 0 Å². The first-order chi connectivity index (χ1) is 9.11.